The fraction of sp³-hybridized carbons (Fsp3) is 0.304. The minimum Gasteiger partial charge on any atom is -0.465 e. The molecular formula is C23H22FN3O4. The van der Waals surface area contributed by atoms with Gasteiger partial charge in [0.2, 0.25) is 17.6 Å². The summed E-state index contributed by atoms with van der Waals surface area (Å²) in [7, 11) is 0. The highest BCUT2D eigenvalue weighted by molar-refractivity contribution is 5.91. The van der Waals surface area contributed by atoms with Crippen LogP contribution in [0.25, 0.3) is 11.4 Å². The molecule has 2 aromatic carbocycles. The Balaban J connectivity index is 1.30. The molecule has 7 nitrogen and oxygen atoms in total. The van der Waals surface area contributed by atoms with Crippen molar-refractivity contribution < 1.29 is 23.2 Å². The highest BCUT2D eigenvalue weighted by atomic mass is 19.1. The normalized spacial score (nSPS) is 14.1. The number of halogens is 1. The van der Waals surface area contributed by atoms with E-state index in [0.717, 1.165) is 18.4 Å². The van der Waals surface area contributed by atoms with Crippen molar-refractivity contribution in [3.8, 4) is 11.4 Å². The summed E-state index contributed by atoms with van der Waals surface area (Å²) in [5, 5.41) is 6.69. The predicted molar refractivity (Wildman–Crippen MR) is 111 cm³/mol. The van der Waals surface area contributed by atoms with Crippen LogP contribution in [0.5, 0.6) is 0 Å². The van der Waals surface area contributed by atoms with Crippen LogP contribution in [0.1, 0.15) is 37.6 Å². The van der Waals surface area contributed by atoms with Crippen LogP contribution in [-0.4, -0.2) is 28.6 Å². The molecule has 1 amide bonds. The van der Waals surface area contributed by atoms with Gasteiger partial charge in [0.1, 0.15) is 5.82 Å². The number of nitrogens with zero attached hydrogens (tertiary/aromatic N) is 2. The third kappa shape index (κ3) is 4.63. The fourth-order valence-electron chi connectivity index (χ4n) is 3.39. The van der Waals surface area contributed by atoms with E-state index in [1.165, 1.54) is 12.1 Å². The second kappa shape index (κ2) is 8.67. The Morgan fingerprint density at radius 2 is 1.84 bits per heavy atom. The predicted octanol–water partition coefficient (Wildman–Crippen LogP) is 4.04. The summed E-state index contributed by atoms with van der Waals surface area (Å²) < 4.78 is 23.4. The molecule has 0 saturated heterocycles. The monoisotopic (exact) mass is 423 g/mol. The van der Waals surface area contributed by atoms with Crippen molar-refractivity contribution in [3.05, 3.63) is 65.8 Å². The number of rotatable bonds is 8. The number of aryl methyl sites for hydroxylation is 1. The Morgan fingerprint density at radius 1 is 1.13 bits per heavy atom. The summed E-state index contributed by atoms with van der Waals surface area (Å²) in [6.07, 6.45) is 2.01. The van der Waals surface area contributed by atoms with E-state index in [-0.39, 0.29) is 30.5 Å². The first kappa shape index (κ1) is 20.7. The molecule has 31 heavy (non-hydrogen) atoms. The molecule has 1 saturated carbocycles. The second-order valence-corrected chi connectivity index (χ2v) is 7.45. The summed E-state index contributed by atoms with van der Waals surface area (Å²) in [6.45, 7) is 2.16. The molecule has 4 rings (SSSR count). The lowest BCUT2D eigenvalue weighted by molar-refractivity contribution is -0.146. The molecule has 0 aliphatic heterocycles. The standard InChI is InChI=1S/C23H22FN3O4/c1-2-30-22(29)23(13-14-23)16-5-9-18(10-6-16)25-19(28)11-12-20-26-21(27-31-20)15-3-7-17(24)8-4-15/h3-10H,2,11-14H2,1H3,(H,25,28). The van der Waals surface area contributed by atoms with Gasteiger partial charge in [-0.15, -0.1) is 0 Å². The van der Waals surface area contributed by atoms with Gasteiger partial charge in [0, 0.05) is 24.1 Å². The lowest BCUT2D eigenvalue weighted by Crippen LogP contribution is -2.23. The molecule has 1 aliphatic carbocycles. The van der Waals surface area contributed by atoms with Gasteiger partial charge in [0.25, 0.3) is 0 Å². The van der Waals surface area contributed by atoms with Gasteiger partial charge >= 0.3 is 5.97 Å². The van der Waals surface area contributed by atoms with Crippen LogP contribution >= 0.6 is 0 Å². The molecule has 1 fully saturated rings. The first-order chi connectivity index (χ1) is 15.0. The van der Waals surface area contributed by atoms with Crippen molar-refractivity contribution in [2.24, 2.45) is 0 Å². The fourth-order valence-corrected chi connectivity index (χ4v) is 3.39. The lowest BCUT2D eigenvalue weighted by Gasteiger charge is -2.14. The Bertz CT molecular complexity index is 1070. The van der Waals surface area contributed by atoms with Gasteiger partial charge in [0.15, 0.2) is 0 Å². The van der Waals surface area contributed by atoms with Gasteiger partial charge in [-0.3, -0.25) is 9.59 Å². The van der Waals surface area contributed by atoms with Crippen LogP contribution in [0.2, 0.25) is 0 Å². The Hall–Kier alpha value is -3.55. The first-order valence-electron chi connectivity index (χ1n) is 10.2. The number of carbonyl (C=O) groups excluding carboxylic acids is 2. The molecule has 0 unspecified atom stereocenters. The smallest absolute Gasteiger partial charge is 0.316 e. The molecule has 0 spiro atoms. The highest BCUT2D eigenvalue weighted by Gasteiger charge is 2.52. The van der Waals surface area contributed by atoms with Crippen molar-refractivity contribution in [1.29, 1.82) is 0 Å². The van der Waals surface area contributed by atoms with Crippen LogP contribution in [0.3, 0.4) is 0 Å². The molecule has 1 aromatic heterocycles. The van der Waals surface area contributed by atoms with Gasteiger partial charge in [0.05, 0.1) is 12.0 Å². The zero-order chi connectivity index (χ0) is 21.8. The van der Waals surface area contributed by atoms with Crippen molar-refractivity contribution in [2.45, 2.75) is 38.0 Å². The van der Waals surface area contributed by atoms with Gasteiger partial charge in [-0.2, -0.15) is 4.98 Å². The third-order valence-corrected chi connectivity index (χ3v) is 5.27. The van der Waals surface area contributed by atoms with Crippen molar-refractivity contribution in [2.75, 3.05) is 11.9 Å². The van der Waals surface area contributed by atoms with Crippen molar-refractivity contribution >= 4 is 17.6 Å². The molecular weight excluding hydrogens is 401 g/mol. The Morgan fingerprint density at radius 3 is 2.48 bits per heavy atom. The van der Waals surface area contributed by atoms with Gasteiger partial charge < -0.3 is 14.6 Å². The molecule has 3 aromatic rings. The van der Waals surface area contributed by atoms with Gasteiger partial charge in [-0.25, -0.2) is 4.39 Å². The largest absolute Gasteiger partial charge is 0.465 e. The van der Waals surface area contributed by atoms with Crippen LogP contribution < -0.4 is 5.32 Å². The third-order valence-electron chi connectivity index (χ3n) is 5.27. The molecule has 0 atom stereocenters. The topological polar surface area (TPSA) is 94.3 Å². The number of nitrogens with one attached hydrogen (secondary N) is 1. The molecule has 8 heteroatoms. The van der Waals surface area contributed by atoms with E-state index < -0.39 is 5.41 Å². The number of ether oxygens (including phenoxy) is 1. The van der Waals surface area contributed by atoms with Crippen LogP contribution in [0, 0.1) is 5.82 Å². The highest BCUT2D eigenvalue weighted by Crippen LogP contribution is 2.49. The van der Waals surface area contributed by atoms with E-state index >= 15 is 0 Å². The Labute approximate surface area is 178 Å². The molecule has 1 aliphatic rings. The van der Waals surface area contributed by atoms with Gasteiger partial charge in [-0.05, 0) is 61.7 Å². The summed E-state index contributed by atoms with van der Waals surface area (Å²) in [6, 6.07) is 13.0. The van der Waals surface area contributed by atoms with Crippen molar-refractivity contribution in [3.63, 3.8) is 0 Å². The van der Waals surface area contributed by atoms with Crippen LogP contribution in [0.15, 0.2) is 53.1 Å². The number of hydrogen-bond acceptors (Lipinski definition) is 6. The number of anilines is 1. The summed E-state index contributed by atoms with van der Waals surface area (Å²) >= 11 is 0. The van der Waals surface area contributed by atoms with E-state index in [4.69, 9.17) is 9.26 Å². The zero-order valence-electron chi connectivity index (χ0n) is 17.1. The second-order valence-electron chi connectivity index (χ2n) is 7.45. The summed E-state index contributed by atoms with van der Waals surface area (Å²) in [5.41, 5.74) is 1.66. The summed E-state index contributed by atoms with van der Waals surface area (Å²) in [4.78, 5) is 28.7. The molecule has 160 valence electrons. The number of esters is 1. The summed E-state index contributed by atoms with van der Waals surface area (Å²) in [5.74, 6) is -0.0472. The molecule has 0 radical (unpaired) electrons. The van der Waals surface area contributed by atoms with E-state index in [0.29, 0.717) is 29.6 Å². The SMILES string of the molecule is CCOC(=O)C1(c2ccc(NC(=O)CCc3nc(-c4ccc(F)cc4)no3)cc2)CC1. The Kier molecular flexibility index (Phi) is 5.79. The maximum atomic E-state index is 13.0. The number of amides is 1. The molecule has 1 N–H and O–H groups in total. The van der Waals surface area contributed by atoms with Crippen molar-refractivity contribution in [1.82, 2.24) is 10.1 Å². The average molecular weight is 423 g/mol. The quantitative estimate of drug-likeness (QED) is 0.550. The van der Waals surface area contributed by atoms with E-state index in [1.54, 1.807) is 31.2 Å². The van der Waals surface area contributed by atoms with Crippen LogP contribution in [-0.2, 0) is 26.2 Å². The average Bonchev–Trinajstić information content (AvgIpc) is 3.45. The first-order valence-corrected chi connectivity index (χ1v) is 10.2. The maximum absolute atomic E-state index is 13.0. The number of carbonyl (C=O) groups is 2. The molecule has 1 heterocycles. The number of hydrogen-bond donors (Lipinski definition) is 1. The van der Waals surface area contributed by atoms with Gasteiger partial charge in [-0.1, -0.05) is 17.3 Å². The van der Waals surface area contributed by atoms with E-state index in [2.05, 4.69) is 15.5 Å². The maximum Gasteiger partial charge on any atom is 0.316 e. The molecule has 0 bridgehead atoms. The van der Waals surface area contributed by atoms with E-state index in [9.17, 15) is 14.0 Å². The minimum atomic E-state index is -0.529. The van der Waals surface area contributed by atoms with Crippen LogP contribution in [0.4, 0.5) is 10.1 Å². The van der Waals surface area contributed by atoms with E-state index in [1.807, 2.05) is 12.1 Å². The zero-order valence-corrected chi connectivity index (χ0v) is 17.1. The minimum absolute atomic E-state index is 0.166. The number of benzene rings is 2. The lowest BCUT2D eigenvalue weighted by atomic mass is 9.96. The number of aromatic nitrogens is 2.